The molecule has 5 heteroatoms. The van der Waals surface area contributed by atoms with Crippen molar-refractivity contribution in [3.63, 3.8) is 0 Å². The van der Waals surface area contributed by atoms with Gasteiger partial charge in [-0.1, -0.05) is 6.42 Å². The number of likely N-dealkylation sites (tertiary alicyclic amines) is 1. The molecule has 1 saturated heterocycles. The molecule has 0 bridgehead atoms. The van der Waals surface area contributed by atoms with E-state index in [9.17, 15) is 0 Å². The Hall–Kier alpha value is -1.46. The Morgan fingerprint density at radius 2 is 2.33 bits per heavy atom. The Bertz CT molecular complexity index is 488. The molecule has 2 N–H and O–H groups in total. The molecule has 0 amide bonds. The molecule has 3 heterocycles. The lowest BCUT2D eigenvalue weighted by Crippen LogP contribution is -2.43. The van der Waals surface area contributed by atoms with Gasteiger partial charge in [0.05, 0.1) is 5.69 Å². The highest BCUT2D eigenvalue weighted by molar-refractivity contribution is 5.29. The van der Waals surface area contributed by atoms with Crippen LogP contribution in [0.3, 0.4) is 0 Å². The summed E-state index contributed by atoms with van der Waals surface area (Å²) >= 11 is 0. The van der Waals surface area contributed by atoms with Crippen LogP contribution in [0.2, 0.25) is 0 Å². The third kappa shape index (κ3) is 2.23. The molecule has 1 fully saturated rings. The van der Waals surface area contributed by atoms with Crippen molar-refractivity contribution >= 4 is 5.78 Å². The maximum Gasteiger partial charge on any atom is 0.233 e. The van der Waals surface area contributed by atoms with E-state index in [1.807, 2.05) is 16.7 Å². The molecule has 0 saturated carbocycles. The third-order valence-corrected chi connectivity index (χ3v) is 3.67. The van der Waals surface area contributed by atoms with Gasteiger partial charge in [0.15, 0.2) is 0 Å². The molecule has 18 heavy (non-hydrogen) atoms. The number of rotatable bonds is 3. The van der Waals surface area contributed by atoms with Crippen LogP contribution in [0.5, 0.6) is 0 Å². The molecule has 1 atom stereocenters. The van der Waals surface area contributed by atoms with E-state index in [4.69, 9.17) is 5.73 Å². The fraction of sp³-hybridized carbons (Fsp3) is 0.538. The van der Waals surface area contributed by atoms with Crippen molar-refractivity contribution in [1.29, 1.82) is 0 Å². The zero-order valence-electron chi connectivity index (χ0n) is 10.5. The predicted molar refractivity (Wildman–Crippen MR) is 70.1 cm³/mol. The van der Waals surface area contributed by atoms with Gasteiger partial charge in [0.1, 0.15) is 0 Å². The monoisotopic (exact) mass is 245 g/mol. The number of nitrogens with two attached hydrogens (primary N) is 1. The van der Waals surface area contributed by atoms with E-state index >= 15 is 0 Å². The average Bonchev–Trinajstić information content (AvgIpc) is 2.81. The van der Waals surface area contributed by atoms with E-state index in [1.54, 1.807) is 6.20 Å². The fourth-order valence-corrected chi connectivity index (χ4v) is 2.70. The van der Waals surface area contributed by atoms with E-state index in [0.29, 0.717) is 6.04 Å². The van der Waals surface area contributed by atoms with Gasteiger partial charge in [-0.25, -0.2) is 9.97 Å². The topological polar surface area (TPSA) is 59.5 Å². The Kier molecular flexibility index (Phi) is 3.25. The first kappa shape index (κ1) is 11.6. The molecule has 5 nitrogen and oxygen atoms in total. The van der Waals surface area contributed by atoms with Crippen molar-refractivity contribution in [2.45, 2.75) is 31.8 Å². The molecule has 0 aromatic carbocycles. The number of hydrogen-bond donors (Lipinski definition) is 1. The van der Waals surface area contributed by atoms with Crippen molar-refractivity contribution in [1.82, 2.24) is 19.3 Å². The molecule has 3 rings (SSSR count). The molecule has 0 spiro atoms. The number of imidazole rings is 1. The zero-order chi connectivity index (χ0) is 12.4. The molecule has 2 aromatic heterocycles. The first-order valence-electron chi connectivity index (χ1n) is 6.59. The van der Waals surface area contributed by atoms with Crippen LogP contribution in [0.4, 0.5) is 0 Å². The molecule has 96 valence electrons. The summed E-state index contributed by atoms with van der Waals surface area (Å²) < 4.78 is 1.97. The van der Waals surface area contributed by atoms with Crippen molar-refractivity contribution in [2.24, 2.45) is 5.73 Å². The number of aromatic nitrogens is 3. The van der Waals surface area contributed by atoms with Crippen LogP contribution in [0, 0.1) is 0 Å². The summed E-state index contributed by atoms with van der Waals surface area (Å²) in [5, 5.41) is 0. The van der Waals surface area contributed by atoms with Crippen LogP contribution in [-0.2, 0) is 6.54 Å². The SMILES string of the molecule is NCC1CCCCN1Cc1cn2cccnc2n1. The first-order valence-corrected chi connectivity index (χ1v) is 6.59. The Balaban J connectivity index is 1.78. The molecule has 1 aliphatic rings. The van der Waals surface area contributed by atoms with Crippen molar-refractivity contribution < 1.29 is 0 Å². The summed E-state index contributed by atoms with van der Waals surface area (Å²) in [6.07, 6.45) is 9.59. The van der Waals surface area contributed by atoms with Crippen molar-refractivity contribution in [2.75, 3.05) is 13.1 Å². The lowest BCUT2D eigenvalue weighted by Gasteiger charge is -2.34. The zero-order valence-corrected chi connectivity index (χ0v) is 10.5. The van der Waals surface area contributed by atoms with Gasteiger partial charge in [0, 0.05) is 37.7 Å². The maximum absolute atomic E-state index is 5.84. The lowest BCUT2D eigenvalue weighted by atomic mass is 10.0. The minimum Gasteiger partial charge on any atom is -0.329 e. The van der Waals surface area contributed by atoms with Crippen LogP contribution in [0.25, 0.3) is 5.78 Å². The largest absolute Gasteiger partial charge is 0.329 e. The van der Waals surface area contributed by atoms with Crippen LogP contribution in [-0.4, -0.2) is 38.4 Å². The van der Waals surface area contributed by atoms with Crippen LogP contribution in [0.15, 0.2) is 24.7 Å². The number of nitrogens with zero attached hydrogens (tertiary/aromatic N) is 4. The van der Waals surface area contributed by atoms with Crippen LogP contribution in [0.1, 0.15) is 25.0 Å². The Morgan fingerprint density at radius 3 is 3.17 bits per heavy atom. The lowest BCUT2D eigenvalue weighted by molar-refractivity contribution is 0.143. The van der Waals surface area contributed by atoms with Gasteiger partial charge >= 0.3 is 0 Å². The molecule has 0 aliphatic carbocycles. The second-order valence-corrected chi connectivity index (χ2v) is 4.91. The van der Waals surface area contributed by atoms with Crippen LogP contribution >= 0.6 is 0 Å². The van der Waals surface area contributed by atoms with E-state index in [-0.39, 0.29) is 0 Å². The first-order chi connectivity index (χ1) is 8.86. The minimum atomic E-state index is 0.511. The number of hydrogen-bond acceptors (Lipinski definition) is 4. The Labute approximate surface area is 107 Å². The van der Waals surface area contributed by atoms with Gasteiger partial charge in [0.2, 0.25) is 5.78 Å². The standard InChI is InChI=1S/C13H19N5/c14-8-12-4-1-2-6-17(12)9-11-10-18-7-3-5-15-13(18)16-11/h3,5,7,10,12H,1-2,4,6,8-9,14H2. The summed E-state index contributed by atoms with van der Waals surface area (Å²) in [6, 6.07) is 2.43. The summed E-state index contributed by atoms with van der Waals surface area (Å²) in [5.74, 6) is 0.772. The van der Waals surface area contributed by atoms with Crippen LogP contribution < -0.4 is 5.73 Å². The van der Waals surface area contributed by atoms with E-state index in [2.05, 4.69) is 21.1 Å². The quantitative estimate of drug-likeness (QED) is 0.878. The van der Waals surface area contributed by atoms with Gasteiger partial charge in [-0.3, -0.25) is 9.30 Å². The van der Waals surface area contributed by atoms with Gasteiger partial charge < -0.3 is 5.73 Å². The second-order valence-electron chi connectivity index (χ2n) is 4.91. The van der Waals surface area contributed by atoms with Crippen molar-refractivity contribution in [3.05, 3.63) is 30.4 Å². The van der Waals surface area contributed by atoms with Gasteiger partial charge in [-0.05, 0) is 25.5 Å². The fourth-order valence-electron chi connectivity index (χ4n) is 2.70. The summed E-state index contributed by atoms with van der Waals surface area (Å²) in [7, 11) is 0. The van der Waals surface area contributed by atoms with E-state index in [1.165, 1.54) is 19.3 Å². The molecule has 1 unspecified atom stereocenters. The molecule has 2 aromatic rings. The number of piperidine rings is 1. The Morgan fingerprint density at radius 1 is 1.39 bits per heavy atom. The van der Waals surface area contributed by atoms with Gasteiger partial charge in [-0.2, -0.15) is 0 Å². The minimum absolute atomic E-state index is 0.511. The molecular formula is C13H19N5. The van der Waals surface area contributed by atoms with E-state index in [0.717, 1.165) is 31.1 Å². The number of fused-ring (bicyclic) bond motifs is 1. The highest BCUT2D eigenvalue weighted by Gasteiger charge is 2.21. The van der Waals surface area contributed by atoms with Crippen molar-refractivity contribution in [3.8, 4) is 0 Å². The summed E-state index contributed by atoms with van der Waals surface area (Å²) in [5.41, 5.74) is 6.92. The van der Waals surface area contributed by atoms with Gasteiger partial charge in [-0.15, -0.1) is 0 Å². The van der Waals surface area contributed by atoms with E-state index < -0.39 is 0 Å². The molecule has 0 radical (unpaired) electrons. The normalized spacial score (nSPS) is 21.5. The molecule has 1 aliphatic heterocycles. The summed E-state index contributed by atoms with van der Waals surface area (Å²) in [6.45, 7) is 2.75. The average molecular weight is 245 g/mol. The second kappa shape index (κ2) is 5.04. The highest BCUT2D eigenvalue weighted by Crippen LogP contribution is 2.18. The van der Waals surface area contributed by atoms with Gasteiger partial charge in [0.25, 0.3) is 0 Å². The smallest absolute Gasteiger partial charge is 0.233 e. The molecular weight excluding hydrogens is 226 g/mol. The highest BCUT2D eigenvalue weighted by atomic mass is 15.2. The third-order valence-electron chi connectivity index (χ3n) is 3.67. The summed E-state index contributed by atoms with van der Waals surface area (Å²) in [4.78, 5) is 11.2. The maximum atomic E-state index is 5.84. The predicted octanol–water partition coefficient (Wildman–Crippen LogP) is 1.04.